The Balaban J connectivity index is 2.07. The van der Waals surface area contributed by atoms with Gasteiger partial charge in [-0.15, -0.1) is 0 Å². The van der Waals surface area contributed by atoms with Crippen molar-refractivity contribution in [3.63, 3.8) is 0 Å². The first-order chi connectivity index (χ1) is 12.0. The molecule has 0 saturated heterocycles. The molecule has 2 aliphatic rings. The molecule has 1 aliphatic carbocycles. The fourth-order valence-corrected chi connectivity index (χ4v) is 3.41. The Labute approximate surface area is 153 Å². The number of aromatic hydroxyl groups is 1. The van der Waals surface area contributed by atoms with Gasteiger partial charge in [-0.3, -0.25) is 4.79 Å². The molecular weight excluding hydrogens is 336 g/mol. The van der Waals surface area contributed by atoms with Crippen molar-refractivity contribution in [3.05, 3.63) is 52.1 Å². The van der Waals surface area contributed by atoms with E-state index < -0.39 is 6.04 Å². The molecule has 4 nitrogen and oxygen atoms in total. The predicted molar refractivity (Wildman–Crippen MR) is 103 cm³/mol. The van der Waals surface area contributed by atoms with Crippen molar-refractivity contribution in [2.75, 3.05) is 11.9 Å². The monoisotopic (exact) mass is 358 g/mol. The standard InChI is InChI=1S/C20H23ClN2O2/c1-3-17(24)23-18(13-8-6-12(2)7-9-13)15-11-16(21)14-5-4-10-22-19(14)20(15)25/h4-6,8-9,11-12,18,22,25H,3,7,10H2,1-2H3,(H,23,24). The van der Waals surface area contributed by atoms with Crippen LogP contribution < -0.4 is 10.6 Å². The first kappa shape index (κ1) is 17.6. The van der Waals surface area contributed by atoms with E-state index in [1.165, 1.54) is 0 Å². The van der Waals surface area contributed by atoms with Crippen LogP contribution in [-0.4, -0.2) is 17.6 Å². The third-order valence-electron chi connectivity index (χ3n) is 4.61. The minimum absolute atomic E-state index is 0.0704. The van der Waals surface area contributed by atoms with Gasteiger partial charge in [0.05, 0.1) is 16.8 Å². The molecule has 0 fully saturated rings. The molecule has 2 unspecified atom stereocenters. The molecule has 0 bridgehead atoms. The van der Waals surface area contributed by atoms with E-state index in [-0.39, 0.29) is 11.7 Å². The number of phenolic OH excluding ortho intramolecular Hbond substituents is 1. The third-order valence-corrected chi connectivity index (χ3v) is 4.93. The maximum atomic E-state index is 12.1. The first-order valence-corrected chi connectivity index (χ1v) is 9.02. The second kappa shape index (κ2) is 7.36. The van der Waals surface area contributed by atoms with Gasteiger partial charge in [0.15, 0.2) is 0 Å². The quantitative estimate of drug-likeness (QED) is 0.691. The molecule has 0 saturated carbocycles. The number of nitrogens with one attached hydrogen (secondary N) is 2. The molecule has 5 heteroatoms. The topological polar surface area (TPSA) is 61.4 Å². The number of allylic oxidation sites excluding steroid dienone is 2. The normalized spacial score (nSPS) is 19.6. The summed E-state index contributed by atoms with van der Waals surface area (Å²) in [6.07, 6.45) is 11.4. The van der Waals surface area contributed by atoms with E-state index in [9.17, 15) is 9.90 Å². The van der Waals surface area contributed by atoms with Gasteiger partial charge in [0.25, 0.3) is 0 Å². The molecule has 3 rings (SSSR count). The highest BCUT2D eigenvalue weighted by Gasteiger charge is 2.26. The zero-order valence-electron chi connectivity index (χ0n) is 14.5. The van der Waals surface area contributed by atoms with Crippen LogP contribution in [0.1, 0.15) is 43.9 Å². The molecule has 1 aromatic carbocycles. The molecule has 0 radical (unpaired) electrons. The SMILES string of the molecule is CCC(=O)NC(C1=CCC(C)C=C1)c1cc(Cl)c2c(c1O)NCC=C2. The molecule has 132 valence electrons. The summed E-state index contributed by atoms with van der Waals surface area (Å²) in [6, 6.07) is 1.33. The van der Waals surface area contributed by atoms with Crippen molar-refractivity contribution in [1.82, 2.24) is 5.32 Å². The molecule has 1 heterocycles. The number of rotatable bonds is 4. The fraction of sp³-hybridized carbons (Fsp3) is 0.350. The van der Waals surface area contributed by atoms with Gasteiger partial charge in [0.1, 0.15) is 5.75 Å². The van der Waals surface area contributed by atoms with Gasteiger partial charge in [-0.2, -0.15) is 0 Å². The second-order valence-electron chi connectivity index (χ2n) is 6.50. The summed E-state index contributed by atoms with van der Waals surface area (Å²) in [7, 11) is 0. The van der Waals surface area contributed by atoms with Crippen LogP contribution in [-0.2, 0) is 4.79 Å². The lowest BCUT2D eigenvalue weighted by Crippen LogP contribution is -2.29. The van der Waals surface area contributed by atoms with Gasteiger partial charge >= 0.3 is 0 Å². The van der Waals surface area contributed by atoms with Gasteiger partial charge < -0.3 is 15.7 Å². The minimum atomic E-state index is -0.424. The van der Waals surface area contributed by atoms with Crippen LogP contribution >= 0.6 is 11.6 Å². The van der Waals surface area contributed by atoms with E-state index in [1.807, 2.05) is 25.2 Å². The number of carbonyl (C=O) groups excluding carboxylic acids is 1. The van der Waals surface area contributed by atoms with Crippen LogP contribution in [0, 0.1) is 5.92 Å². The average molecular weight is 359 g/mol. The van der Waals surface area contributed by atoms with Gasteiger partial charge in [-0.1, -0.05) is 55.8 Å². The van der Waals surface area contributed by atoms with Crippen molar-refractivity contribution in [2.45, 2.75) is 32.7 Å². The zero-order valence-corrected chi connectivity index (χ0v) is 15.2. The van der Waals surface area contributed by atoms with Crippen LogP contribution in [0.4, 0.5) is 5.69 Å². The minimum Gasteiger partial charge on any atom is -0.505 e. The van der Waals surface area contributed by atoms with Gasteiger partial charge in [-0.05, 0) is 24.0 Å². The summed E-state index contributed by atoms with van der Waals surface area (Å²) in [6.45, 7) is 4.59. The highest BCUT2D eigenvalue weighted by Crippen LogP contribution is 2.43. The number of carbonyl (C=O) groups is 1. The smallest absolute Gasteiger partial charge is 0.220 e. The van der Waals surface area contributed by atoms with E-state index in [2.05, 4.69) is 29.7 Å². The number of hydrogen-bond donors (Lipinski definition) is 3. The Morgan fingerprint density at radius 2 is 2.28 bits per heavy atom. The Bertz CT molecular complexity index is 780. The lowest BCUT2D eigenvalue weighted by Gasteiger charge is -2.26. The largest absolute Gasteiger partial charge is 0.505 e. The Morgan fingerprint density at radius 3 is 2.96 bits per heavy atom. The highest BCUT2D eigenvalue weighted by atomic mass is 35.5. The van der Waals surface area contributed by atoms with E-state index in [4.69, 9.17) is 11.6 Å². The van der Waals surface area contributed by atoms with Crippen molar-refractivity contribution >= 4 is 29.3 Å². The number of anilines is 1. The summed E-state index contributed by atoms with van der Waals surface area (Å²) in [5, 5.41) is 17.6. The van der Waals surface area contributed by atoms with Gasteiger partial charge in [-0.25, -0.2) is 0 Å². The Hall–Kier alpha value is -2.20. The second-order valence-corrected chi connectivity index (χ2v) is 6.91. The Morgan fingerprint density at radius 1 is 1.48 bits per heavy atom. The number of fused-ring (bicyclic) bond motifs is 1. The lowest BCUT2D eigenvalue weighted by molar-refractivity contribution is -0.121. The van der Waals surface area contributed by atoms with Gasteiger partial charge in [0, 0.05) is 24.1 Å². The number of amides is 1. The van der Waals surface area contributed by atoms with Crippen molar-refractivity contribution in [1.29, 1.82) is 0 Å². The van der Waals surface area contributed by atoms with Crippen LogP contribution in [0.15, 0.2) is 35.9 Å². The molecule has 2 atom stereocenters. The summed E-state index contributed by atoms with van der Waals surface area (Å²) in [5.41, 5.74) is 2.97. The summed E-state index contributed by atoms with van der Waals surface area (Å²) >= 11 is 6.44. The number of hydrogen-bond acceptors (Lipinski definition) is 3. The van der Waals surface area contributed by atoms with E-state index in [1.54, 1.807) is 6.07 Å². The molecule has 0 spiro atoms. The van der Waals surface area contributed by atoms with E-state index >= 15 is 0 Å². The summed E-state index contributed by atoms with van der Waals surface area (Å²) in [4.78, 5) is 12.1. The van der Waals surface area contributed by atoms with Crippen molar-refractivity contribution in [2.24, 2.45) is 5.92 Å². The maximum Gasteiger partial charge on any atom is 0.220 e. The van der Waals surface area contributed by atoms with Crippen molar-refractivity contribution in [3.8, 4) is 5.75 Å². The number of benzene rings is 1. The molecule has 1 aromatic rings. The lowest BCUT2D eigenvalue weighted by atomic mass is 9.89. The molecule has 25 heavy (non-hydrogen) atoms. The number of phenols is 1. The number of halogens is 1. The van der Waals surface area contributed by atoms with Crippen LogP contribution in [0.5, 0.6) is 5.75 Å². The van der Waals surface area contributed by atoms with Crippen LogP contribution in [0.3, 0.4) is 0 Å². The van der Waals surface area contributed by atoms with E-state index in [0.717, 1.165) is 17.6 Å². The maximum absolute atomic E-state index is 12.1. The van der Waals surface area contributed by atoms with E-state index in [0.29, 0.717) is 35.2 Å². The third kappa shape index (κ3) is 3.59. The average Bonchev–Trinajstić information content (AvgIpc) is 2.63. The highest BCUT2D eigenvalue weighted by molar-refractivity contribution is 6.33. The summed E-state index contributed by atoms with van der Waals surface area (Å²) in [5.74, 6) is 0.538. The molecular formula is C20H23ClN2O2. The Kier molecular flexibility index (Phi) is 5.19. The fourth-order valence-electron chi connectivity index (χ4n) is 3.14. The molecule has 0 aromatic heterocycles. The van der Waals surface area contributed by atoms with Gasteiger partial charge in [0.2, 0.25) is 5.91 Å². The molecule has 3 N–H and O–H groups in total. The summed E-state index contributed by atoms with van der Waals surface area (Å²) < 4.78 is 0. The zero-order chi connectivity index (χ0) is 18.0. The molecule has 1 aliphatic heterocycles. The first-order valence-electron chi connectivity index (χ1n) is 8.64. The molecule has 1 amide bonds. The van der Waals surface area contributed by atoms with Crippen LogP contribution in [0.25, 0.3) is 6.08 Å². The van der Waals surface area contributed by atoms with Crippen LogP contribution in [0.2, 0.25) is 5.02 Å². The van der Waals surface area contributed by atoms with Crippen molar-refractivity contribution < 1.29 is 9.90 Å². The predicted octanol–water partition coefficient (Wildman–Crippen LogP) is 4.57.